The van der Waals surface area contributed by atoms with Crippen molar-refractivity contribution in [3.63, 3.8) is 0 Å². The zero-order chi connectivity index (χ0) is 13.9. The Kier molecular flexibility index (Phi) is 8.34. The molecular formula is C15H24N2OS. The maximum atomic E-state index is 10.9. The van der Waals surface area contributed by atoms with Gasteiger partial charge in [-0.05, 0) is 18.4 Å². The molecule has 0 spiro atoms. The highest BCUT2D eigenvalue weighted by Crippen LogP contribution is 2.05. The first-order valence-corrected chi connectivity index (χ1v) is 7.58. The van der Waals surface area contributed by atoms with E-state index in [0.717, 1.165) is 18.8 Å². The number of thiol groups is 1. The van der Waals surface area contributed by atoms with Gasteiger partial charge in [0.05, 0.1) is 0 Å². The number of benzene rings is 1. The first kappa shape index (κ1) is 16.1. The maximum absolute atomic E-state index is 10.9. The zero-order valence-electron chi connectivity index (χ0n) is 11.6. The second-order valence-electron chi connectivity index (χ2n) is 4.58. The molecule has 1 aliphatic heterocycles. The number of carbonyl (C=O) groups excluding carboxylic acids is 1. The van der Waals surface area contributed by atoms with E-state index in [1.807, 2.05) is 30.1 Å². The van der Waals surface area contributed by atoms with E-state index in [9.17, 15) is 4.79 Å². The lowest BCUT2D eigenvalue weighted by Gasteiger charge is -2.26. The molecule has 1 aliphatic rings. The summed E-state index contributed by atoms with van der Waals surface area (Å²) in [5, 5.41) is 2.02. The number of piperidine rings is 1. The Balaban J connectivity index is 0.000000200. The van der Waals surface area contributed by atoms with Crippen LogP contribution in [-0.4, -0.2) is 24.0 Å². The number of hydrazine groups is 1. The van der Waals surface area contributed by atoms with Crippen LogP contribution in [0.3, 0.4) is 0 Å². The number of amides is 1. The molecule has 0 bridgehead atoms. The van der Waals surface area contributed by atoms with Crippen LogP contribution < -0.4 is 5.43 Å². The topological polar surface area (TPSA) is 32.3 Å². The van der Waals surface area contributed by atoms with Crippen LogP contribution in [0.5, 0.6) is 0 Å². The van der Waals surface area contributed by atoms with Crippen molar-refractivity contribution < 1.29 is 4.79 Å². The van der Waals surface area contributed by atoms with Crippen LogP contribution in [0.2, 0.25) is 0 Å². The predicted molar refractivity (Wildman–Crippen MR) is 83.0 cm³/mol. The van der Waals surface area contributed by atoms with Gasteiger partial charge in [0.2, 0.25) is 5.91 Å². The third kappa shape index (κ3) is 7.23. The highest BCUT2D eigenvalue weighted by atomic mass is 32.1. The van der Waals surface area contributed by atoms with Gasteiger partial charge < -0.3 is 0 Å². The summed E-state index contributed by atoms with van der Waals surface area (Å²) >= 11 is 4.11. The van der Waals surface area contributed by atoms with Crippen molar-refractivity contribution >= 4 is 18.5 Å². The lowest BCUT2D eigenvalue weighted by atomic mass is 10.2. The summed E-state index contributed by atoms with van der Waals surface area (Å²) in [4.78, 5) is 10.9. The molecule has 106 valence electrons. The summed E-state index contributed by atoms with van der Waals surface area (Å²) in [6.07, 6.45) is 4.31. The normalized spacial score (nSPS) is 15.3. The maximum Gasteiger partial charge on any atom is 0.233 e. The molecule has 4 heteroatoms. The van der Waals surface area contributed by atoms with E-state index in [1.165, 1.54) is 24.8 Å². The second-order valence-corrected chi connectivity index (χ2v) is 4.90. The molecule has 1 N–H and O–H groups in total. The Bertz CT molecular complexity index is 350. The SMILES string of the molecule is CCC(=O)NN1CCCCC1.SCc1ccccc1. The summed E-state index contributed by atoms with van der Waals surface area (Å²) < 4.78 is 0. The highest BCUT2D eigenvalue weighted by Gasteiger charge is 2.10. The molecule has 1 heterocycles. The number of rotatable bonds is 3. The summed E-state index contributed by atoms with van der Waals surface area (Å²) in [5.74, 6) is 0.966. The molecule has 19 heavy (non-hydrogen) atoms. The molecule has 1 amide bonds. The molecule has 0 aliphatic carbocycles. The van der Waals surface area contributed by atoms with Gasteiger partial charge in [0.1, 0.15) is 0 Å². The minimum Gasteiger partial charge on any atom is -0.289 e. The van der Waals surface area contributed by atoms with Gasteiger partial charge in [-0.3, -0.25) is 10.2 Å². The van der Waals surface area contributed by atoms with E-state index in [2.05, 4.69) is 30.2 Å². The molecule has 0 atom stereocenters. The van der Waals surface area contributed by atoms with Crippen molar-refractivity contribution in [2.45, 2.75) is 38.4 Å². The number of carbonyl (C=O) groups is 1. The van der Waals surface area contributed by atoms with Crippen LogP contribution in [-0.2, 0) is 10.5 Å². The molecule has 1 aromatic carbocycles. The first-order chi connectivity index (χ1) is 9.26. The summed E-state index contributed by atoms with van der Waals surface area (Å²) in [6.45, 7) is 3.91. The second kappa shape index (κ2) is 9.87. The smallest absolute Gasteiger partial charge is 0.233 e. The molecule has 0 unspecified atom stereocenters. The van der Waals surface area contributed by atoms with Gasteiger partial charge in [-0.1, -0.05) is 43.7 Å². The lowest BCUT2D eigenvalue weighted by Crippen LogP contribution is -2.44. The Morgan fingerprint density at radius 2 is 1.84 bits per heavy atom. The molecule has 0 saturated carbocycles. The minimum atomic E-state index is 0.131. The monoisotopic (exact) mass is 280 g/mol. The summed E-state index contributed by atoms with van der Waals surface area (Å²) in [5.41, 5.74) is 4.14. The van der Waals surface area contributed by atoms with Crippen LogP contribution in [0, 0.1) is 0 Å². The molecule has 0 aromatic heterocycles. The van der Waals surface area contributed by atoms with Crippen LogP contribution >= 0.6 is 12.6 Å². The molecule has 3 nitrogen and oxygen atoms in total. The molecule has 1 fully saturated rings. The number of hydrogen-bond donors (Lipinski definition) is 2. The third-order valence-electron chi connectivity index (χ3n) is 2.99. The predicted octanol–water partition coefficient (Wildman–Crippen LogP) is 3.03. The fourth-order valence-corrected chi connectivity index (χ4v) is 2.06. The average Bonchev–Trinajstić information content (AvgIpc) is 2.49. The van der Waals surface area contributed by atoms with Crippen molar-refractivity contribution in [2.24, 2.45) is 0 Å². The van der Waals surface area contributed by atoms with Gasteiger partial charge in [0.25, 0.3) is 0 Å². The van der Waals surface area contributed by atoms with E-state index in [1.54, 1.807) is 0 Å². The molecular weight excluding hydrogens is 256 g/mol. The van der Waals surface area contributed by atoms with Crippen molar-refractivity contribution in [1.82, 2.24) is 10.4 Å². The van der Waals surface area contributed by atoms with Gasteiger partial charge in [-0.15, -0.1) is 0 Å². The van der Waals surface area contributed by atoms with Crippen LogP contribution in [0.4, 0.5) is 0 Å². The molecule has 1 saturated heterocycles. The highest BCUT2D eigenvalue weighted by molar-refractivity contribution is 7.79. The zero-order valence-corrected chi connectivity index (χ0v) is 12.5. The van der Waals surface area contributed by atoms with Crippen LogP contribution in [0.1, 0.15) is 38.2 Å². The summed E-state index contributed by atoms with van der Waals surface area (Å²) in [7, 11) is 0. The fourth-order valence-electron chi connectivity index (χ4n) is 1.84. The standard InChI is InChI=1S/C8H16N2O.C7H8S/c1-2-8(11)9-10-6-4-3-5-7-10;8-6-7-4-2-1-3-5-7/h2-7H2,1H3,(H,9,11);1-5,8H,6H2. The average molecular weight is 280 g/mol. The van der Waals surface area contributed by atoms with Crippen molar-refractivity contribution in [1.29, 1.82) is 0 Å². The first-order valence-electron chi connectivity index (χ1n) is 6.95. The Hall–Kier alpha value is -1.00. The molecule has 0 radical (unpaired) electrons. The minimum absolute atomic E-state index is 0.131. The third-order valence-corrected chi connectivity index (χ3v) is 3.35. The van der Waals surface area contributed by atoms with Gasteiger partial charge in [0, 0.05) is 25.3 Å². The van der Waals surface area contributed by atoms with E-state index in [-0.39, 0.29) is 5.91 Å². The Morgan fingerprint density at radius 1 is 1.21 bits per heavy atom. The van der Waals surface area contributed by atoms with Gasteiger partial charge in [-0.25, -0.2) is 5.01 Å². The quantitative estimate of drug-likeness (QED) is 0.834. The van der Waals surface area contributed by atoms with Crippen molar-refractivity contribution in [2.75, 3.05) is 13.1 Å². The van der Waals surface area contributed by atoms with E-state index in [4.69, 9.17) is 0 Å². The Labute approximate surface area is 121 Å². The van der Waals surface area contributed by atoms with Crippen molar-refractivity contribution in [3.05, 3.63) is 35.9 Å². The number of nitrogens with zero attached hydrogens (tertiary/aromatic N) is 1. The molecule has 2 rings (SSSR count). The van der Waals surface area contributed by atoms with Gasteiger partial charge >= 0.3 is 0 Å². The largest absolute Gasteiger partial charge is 0.289 e. The van der Waals surface area contributed by atoms with Crippen LogP contribution in [0.25, 0.3) is 0 Å². The number of hydrogen-bond acceptors (Lipinski definition) is 3. The van der Waals surface area contributed by atoms with Gasteiger partial charge in [0.15, 0.2) is 0 Å². The summed E-state index contributed by atoms with van der Waals surface area (Å²) in [6, 6.07) is 10.2. The fraction of sp³-hybridized carbons (Fsp3) is 0.533. The van der Waals surface area contributed by atoms with E-state index < -0.39 is 0 Å². The van der Waals surface area contributed by atoms with Gasteiger partial charge in [-0.2, -0.15) is 12.6 Å². The Morgan fingerprint density at radius 3 is 2.32 bits per heavy atom. The lowest BCUT2D eigenvalue weighted by molar-refractivity contribution is -0.126. The van der Waals surface area contributed by atoms with Crippen LogP contribution in [0.15, 0.2) is 30.3 Å². The number of nitrogens with one attached hydrogen (secondary N) is 1. The molecule has 1 aromatic rings. The van der Waals surface area contributed by atoms with E-state index in [0.29, 0.717) is 6.42 Å². The van der Waals surface area contributed by atoms with Crippen molar-refractivity contribution in [3.8, 4) is 0 Å². The van der Waals surface area contributed by atoms with E-state index >= 15 is 0 Å².